The van der Waals surface area contributed by atoms with Crippen molar-refractivity contribution in [2.24, 2.45) is 5.41 Å². The lowest BCUT2D eigenvalue weighted by molar-refractivity contribution is -0.151. The van der Waals surface area contributed by atoms with E-state index < -0.39 is 17.3 Å². The Hall–Kier alpha value is -1.91. The summed E-state index contributed by atoms with van der Waals surface area (Å²) in [7, 11) is 0. The molecule has 1 aromatic carbocycles. The molecular formula is C12H12FNO3. The van der Waals surface area contributed by atoms with E-state index in [0.717, 1.165) is 0 Å². The van der Waals surface area contributed by atoms with Crippen LogP contribution in [-0.4, -0.2) is 23.5 Å². The smallest absolute Gasteiger partial charge is 0.319 e. The van der Waals surface area contributed by atoms with Crippen molar-refractivity contribution in [1.29, 1.82) is 0 Å². The van der Waals surface area contributed by atoms with Crippen molar-refractivity contribution in [3.8, 4) is 0 Å². The number of hydrogen-bond acceptors (Lipinski definition) is 2. The molecule has 0 radical (unpaired) electrons. The highest BCUT2D eigenvalue weighted by Crippen LogP contribution is 2.34. The van der Waals surface area contributed by atoms with Crippen molar-refractivity contribution in [3.05, 3.63) is 30.1 Å². The van der Waals surface area contributed by atoms with Crippen LogP contribution in [0.3, 0.4) is 0 Å². The Morgan fingerprint density at radius 2 is 2.00 bits per heavy atom. The molecule has 1 fully saturated rings. The van der Waals surface area contributed by atoms with E-state index in [0.29, 0.717) is 12.2 Å². The van der Waals surface area contributed by atoms with Crippen molar-refractivity contribution >= 4 is 17.6 Å². The number of carbonyl (C=O) groups is 2. The fourth-order valence-electron chi connectivity index (χ4n) is 1.91. The molecule has 0 saturated carbocycles. The van der Waals surface area contributed by atoms with Crippen molar-refractivity contribution in [2.45, 2.75) is 13.3 Å². The first-order valence-corrected chi connectivity index (χ1v) is 5.26. The van der Waals surface area contributed by atoms with E-state index in [9.17, 15) is 14.0 Å². The van der Waals surface area contributed by atoms with E-state index in [4.69, 9.17) is 5.11 Å². The second kappa shape index (κ2) is 3.84. The molecule has 1 aliphatic heterocycles. The highest BCUT2D eigenvalue weighted by Gasteiger charge is 2.49. The SMILES string of the molecule is C[C@]1(C(=O)O)CCN(c2ccc(F)cc2)C1=O. The van der Waals surface area contributed by atoms with Crippen LogP contribution in [0.15, 0.2) is 24.3 Å². The highest BCUT2D eigenvalue weighted by molar-refractivity contribution is 6.11. The quantitative estimate of drug-likeness (QED) is 0.796. The number of carboxylic acid groups (broad SMARTS) is 1. The van der Waals surface area contributed by atoms with Gasteiger partial charge in [-0.05, 0) is 37.6 Å². The van der Waals surface area contributed by atoms with Gasteiger partial charge in [-0.15, -0.1) is 0 Å². The van der Waals surface area contributed by atoms with E-state index >= 15 is 0 Å². The lowest BCUT2D eigenvalue weighted by Gasteiger charge is -2.19. The molecule has 0 aromatic heterocycles. The summed E-state index contributed by atoms with van der Waals surface area (Å²) >= 11 is 0. The van der Waals surface area contributed by atoms with Gasteiger partial charge in [0.15, 0.2) is 0 Å². The molecule has 0 bridgehead atoms. The maximum atomic E-state index is 12.8. The van der Waals surface area contributed by atoms with Gasteiger partial charge < -0.3 is 10.0 Å². The van der Waals surface area contributed by atoms with Gasteiger partial charge in [-0.1, -0.05) is 0 Å². The standard InChI is InChI=1S/C12H12FNO3/c1-12(11(16)17)6-7-14(10(12)15)9-4-2-8(13)3-5-9/h2-5H,6-7H2,1H3,(H,16,17)/t12-/m0/s1. The Kier molecular flexibility index (Phi) is 2.61. The minimum absolute atomic E-state index is 0.262. The largest absolute Gasteiger partial charge is 0.480 e. The van der Waals surface area contributed by atoms with Gasteiger partial charge in [-0.3, -0.25) is 9.59 Å². The summed E-state index contributed by atoms with van der Waals surface area (Å²) in [6.45, 7) is 1.76. The first-order valence-electron chi connectivity index (χ1n) is 5.26. The van der Waals surface area contributed by atoms with E-state index in [2.05, 4.69) is 0 Å². The van der Waals surface area contributed by atoms with Gasteiger partial charge in [0.25, 0.3) is 0 Å². The van der Waals surface area contributed by atoms with E-state index in [1.165, 1.54) is 36.1 Å². The molecule has 2 rings (SSSR count). The Balaban J connectivity index is 2.29. The second-order valence-electron chi connectivity index (χ2n) is 4.32. The number of anilines is 1. The molecule has 4 nitrogen and oxygen atoms in total. The van der Waals surface area contributed by atoms with Gasteiger partial charge in [0.2, 0.25) is 5.91 Å². The number of halogens is 1. The van der Waals surface area contributed by atoms with Crippen molar-refractivity contribution in [3.63, 3.8) is 0 Å². The summed E-state index contributed by atoms with van der Waals surface area (Å²) in [5.74, 6) is -1.95. The number of nitrogens with zero attached hydrogens (tertiary/aromatic N) is 1. The van der Waals surface area contributed by atoms with Gasteiger partial charge in [-0.2, -0.15) is 0 Å². The number of carbonyl (C=O) groups excluding carboxylic acids is 1. The zero-order chi connectivity index (χ0) is 12.6. The van der Waals surface area contributed by atoms with Crippen molar-refractivity contribution in [2.75, 3.05) is 11.4 Å². The van der Waals surface area contributed by atoms with Crippen LogP contribution < -0.4 is 4.90 Å². The lowest BCUT2D eigenvalue weighted by Crippen LogP contribution is -2.38. The summed E-state index contributed by atoms with van der Waals surface area (Å²) < 4.78 is 12.8. The topological polar surface area (TPSA) is 57.6 Å². The monoisotopic (exact) mass is 237 g/mol. The summed E-state index contributed by atoms with van der Waals surface area (Å²) in [4.78, 5) is 24.4. The van der Waals surface area contributed by atoms with E-state index in [-0.39, 0.29) is 12.2 Å². The second-order valence-corrected chi connectivity index (χ2v) is 4.32. The zero-order valence-corrected chi connectivity index (χ0v) is 9.31. The molecule has 1 heterocycles. The fourth-order valence-corrected chi connectivity index (χ4v) is 1.91. The molecule has 1 atom stereocenters. The minimum atomic E-state index is -1.37. The molecule has 1 N–H and O–H groups in total. The third-order valence-corrected chi connectivity index (χ3v) is 3.16. The Morgan fingerprint density at radius 3 is 2.47 bits per heavy atom. The molecule has 1 amide bonds. The summed E-state index contributed by atoms with van der Waals surface area (Å²) in [6, 6.07) is 5.44. The Labute approximate surface area is 97.7 Å². The molecule has 17 heavy (non-hydrogen) atoms. The summed E-state index contributed by atoms with van der Waals surface area (Å²) in [5, 5.41) is 9.04. The number of amides is 1. The molecular weight excluding hydrogens is 225 g/mol. The zero-order valence-electron chi connectivity index (χ0n) is 9.31. The Morgan fingerprint density at radius 1 is 1.41 bits per heavy atom. The van der Waals surface area contributed by atoms with Crippen LogP contribution in [0, 0.1) is 11.2 Å². The normalized spacial score (nSPS) is 24.1. The molecule has 1 aliphatic rings. The molecule has 0 unspecified atom stereocenters. The summed E-state index contributed by atoms with van der Waals surface area (Å²) in [6.07, 6.45) is 0.262. The van der Waals surface area contributed by atoms with Gasteiger partial charge in [0, 0.05) is 12.2 Å². The van der Waals surface area contributed by atoms with Gasteiger partial charge in [-0.25, -0.2) is 4.39 Å². The third kappa shape index (κ3) is 1.77. The number of carboxylic acids is 1. The molecule has 0 aliphatic carbocycles. The molecule has 0 spiro atoms. The van der Waals surface area contributed by atoms with Gasteiger partial charge in [0.1, 0.15) is 11.2 Å². The maximum absolute atomic E-state index is 12.8. The number of aliphatic carboxylic acids is 1. The highest BCUT2D eigenvalue weighted by atomic mass is 19.1. The minimum Gasteiger partial charge on any atom is -0.480 e. The van der Waals surface area contributed by atoms with Crippen LogP contribution in [0.1, 0.15) is 13.3 Å². The first kappa shape index (κ1) is 11.6. The number of hydrogen-bond donors (Lipinski definition) is 1. The summed E-state index contributed by atoms with van der Waals surface area (Å²) in [5.41, 5.74) is -0.838. The third-order valence-electron chi connectivity index (χ3n) is 3.16. The molecule has 5 heteroatoms. The predicted octanol–water partition coefficient (Wildman–Crippen LogP) is 1.65. The maximum Gasteiger partial charge on any atom is 0.319 e. The van der Waals surface area contributed by atoms with E-state index in [1.807, 2.05) is 0 Å². The van der Waals surface area contributed by atoms with Crippen molar-refractivity contribution in [1.82, 2.24) is 0 Å². The fraction of sp³-hybridized carbons (Fsp3) is 0.333. The average Bonchev–Trinajstić information content (AvgIpc) is 2.59. The van der Waals surface area contributed by atoms with Crippen molar-refractivity contribution < 1.29 is 19.1 Å². The first-order chi connectivity index (χ1) is 7.95. The Bertz CT molecular complexity index is 471. The van der Waals surface area contributed by atoms with Crippen LogP contribution in [-0.2, 0) is 9.59 Å². The van der Waals surface area contributed by atoms with Gasteiger partial charge in [0.05, 0.1) is 0 Å². The lowest BCUT2D eigenvalue weighted by atomic mass is 9.89. The molecule has 1 aromatic rings. The van der Waals surface area contributed by atoms with E-state index in [1.54, 1.807) is 0 Å². The van der Waals surface area contributed by atoms with Crippen LogP contribution in [0.4, 0.5) is 10.1 Å². The number of benzene rings is 1. The van der Waals surface area contributed by atoms with Gasteiger partial charge >= 0.3 is 5.97 Å². The average molecular weight is 237 g/mol. The van der Waals surface area contributed by atoms with Crippen LogP contribution >= 0.6 is 0 Å². The predicted molar refractivity (Wildman–Crippen MR) is 59.1 cm³/mol. The van der Waals surface area contributed by atoms with Crippen LogP contribution in [0.5, 0.6) is 0 Å². The number of rotatable bonds is 2. The van der Waals surface area contributed by atoms with Crippen LogP contribution in [0.25, 0.3) is 0 Å². The van der Waals surface area contributed by atoms with Crippen LogP contribution in [0.2, 0.25) is 0 Å². The molecule has 1 saturated heterocycles. The molecule has 90 valence electrons.